The summed E-state index contributed by atoms with van der Waals surface area (Å²) in [5.74, 6) is 0.410. The van der Waals surface area contributed by atoms with Crippen molar-refractivity contribution >= 4 is 11.7 Å². The van der Waals surface area contributed by atoms with Crippen LogP contribution in [-0.4, -0.2) is 36.7 Å². The highest BCUT2D eigenvalue weighted by atomic mass is 16.5. The Hall–Kier alpha value is -1.46. The van der Waals surface area contributed by atoms with Crippen LogP contribution in [0.1, 0.15) is 5.56 Å². The Morgan fingerprint density at radius 1 is 1.62 bits per heavy atom. The standard InChI is InChI=1S/C11H15N3O2/c1-8-2-3-10(13-6-8)14-11(15)9-7-12-4-5-16-9/h2-3,6,9,12H,4-5,7H2,1H3,(H,13,14,15). The van der Waals surface area contributed by atoms with E-state index in [1.807, 2.05) is 13.0 Å². The van der Waals surface area contributed by atoms with E-state index in [4.69, 9.17) is 4.74 Å². The van der Waals surface area contributed by atoms with Crippen LogP contribution < -0.4 is 10.6 Å². The molecule has 1 fully saturated rings. The number of hydrogen-bond donors (Lipinski definition) is 2. The fourth-order valence-electron chi connectivity index (χ4n) is 1.48. The number of nitrogens with zero attached hydrogens (tertiary/aromatic N) is 1. The molecule has 1 aliphatic rings. The molecule has 1 atom stereocenters. The second kappa shape index (κ2) is 5.05. The Bertz CT molecular complexity index is 358. The first-order chi connectivity index (χ1) is 7.75. The zero-order valence-electron chi connectivity index (χ0n) is 9.19. The fourth-order valence-corrected chi connectivity index (χ4v) is 1.48. The first kappa shape index (κ1) is 11.0. The Morgan fingerprint density at radius 2 is 2.50 bits per heavy atom. The lowest BCUT2D eigenvalue weighted by Gasteiger charge is -2.22. The Balaban J connectivity index is 1.93. The third-order valence-electron chi connectivity index (χ3n) is 2.38. The fraction of sp³-hybridized carbons (Fsp3) is 0.455. The molecular weight excluding hydrogens is 206 g/mol. The molecule has 1 aromatic rings. The summed E-state index contributed by atoms with van der Waals surface area (Å²) in [5.41, 5.74) is 1.06. The maximum Gasteiger partial charge on any atom is 0.255 e. The molecule has 1 aromatic heterocycles. The predicted octanol–water partition coefficient (Wildman–Crippen LogP) is 0.317. The zero-order valence-corrected chi connectivity index (χ0v) is 9.19. The number of aryl methyl sites for hydroxylation is 1. The minimum Gasteiger partial charge on any atom is -0.366 e. The summed E-state index contributed by atoms with van der Waals surface area (Å²) < 4.78 is 5.33. The van der Waals surface area contributed by atoms with E-state index < -0.39 is 6.10 Å². The van der Waals surface area contributed by atoms with Gasteiger partial charge in [-0.3, -0.25) is 4.79 Å². The number of carbonyl (C=O) groups is 1. The van der Waals surface area contributed by atoms with Gasteiger partial charge in [0.2, 0.25) is 0 Å². The van der Waals surface area contributed by atoms with Crippen molar-refractivity contribution in [1.29, 1.82) is 0 Å². The van der Waals surface area contributed by atoms with Gasteiger partial charge in [-0.2, -0.15) is 0 Å². The smallest absolute Gasteiger partial charge is 0.255 e. The number of morpholine rings is 1. The number of anilines is 1. The van der Waals surface area contributed by atoms with Crippen LogP contribution in [0.5, 0.6) is 0 Å². The Kier molecular flexibility index (Phi) is 3.48. The summed E-state index contributed by atoms with van der Waals surface area (Å²) in [5, 5.41) is 5.83. The predicted molar refractivity (Wildman–Crippen MR) is 60.2 cm³/mol. The third kappa shape index (κ3) is 2.77. The molecule has 2 rings (SSSR count). The minimum absolute atomic E-state index is 0.149. The number of pyridine rings is 1. The van der Waals surface area contributed by atoms with Gasteiger partial charge in [0.05, 0.1) is 6.61 Å². The van der Waals surface area contributed by atoms with E-state index in [1.165, 1.54) is 0 Å². The molecular formula is C11H15N3O2. The average molecular weight is 221 g/mol. The molecule has 0 radical (unpaired) electrons. The largest absolute Gasteiger partial charge is 0.366 e. The minimum atomic E-state index is -0.420. The van der Waals surface area contributed by atoms with Gasteiger partial charge >= 0.3 is 0 Å². The lowest BCUT2D eigenvalue weighted by molar-refractivity contribution is -0.128. The van der Waals surface area contributed by atoms with Crippen LogP contribution in [0.2, 0.25) is 0 Å². The normalized spacial score (nSPS) is 20.4. The lowest BCUT2D eigenvalue weighted by Crippen LogP contribution is -2.45. The number of carbonyl (C=O) groups excluding carboxylic acids is 1. The molecule has 86 valence electrons. The molecule has 16 heavy (non-hydrogen) atoms. The van der Waals surface area contributed by atoms with Crippen molar-refractivity contribution < 1.29 is 9.53 Å². The van der Waals surface area contributed by atoms with E-state index in [9.17, 15) is 4.79 Å². The highest BCUT2D eigenvalue weighted by molar-refractivity contribution is 5.93. The first-order valence-electron chi connectivity index (χ1n) is 5.31. The lowest BCUT2D eigenvalue weighted by atomic mass is 10.3. The van der Waals surface area contributed by atoms with Crippen molar-refractivity contribution in [2.45, 2.75) is 13.0 Å². The van der Waals surface area contributed by atoms with Gasteiger partial charge in [-0.05, 0) is 18.6 Å². The molecule has 5 nitrogen and oxygen atoms in total. The van der Waals surface area contributed by atoms with Gasteiger partial charge in [-0.1, -0.05) is 6.07 Å². The first-order valence-corrected chi connectivity index (χ1v) is 5.31. The second-order valence-corrected chi connectivity index (χ2v) is 3.77. The summed E-state index contributed by atoms with van der Waals surface area (Å²) in [7, 11) is 0. The van der Waals surface area contributed by atoms with Crippen LogP contribution in [0.25, 0.3) is 0 Å². The summed E-state index contributed by atoms with van der Waals surface area (Å²) >= 11 is 0. The molecule has 0 spiro atoms. The third-order valence-corrected chi connectivity index (χ3v) is 2.38. The molecule has 1 saturated heterocycles. The van der Waals surface area contributed by atoms with Crippen LogP contribution in [0, 0.1) is 6.92 Å². The Morgan fingerprint density at radius 3 is 3.12 bits per heavy atom. The molecule has 5 heteroatoms. The molecule has 0 aliphatic carbocycles. The van der Waals surface area contributed by atoms with Gasteiger partial charge in [0.1, 0.15) is 11.9 Å². The van der Waals surface area contributed by atoms with Crippen LogP contribution >= 0.6 is 0 Å². The average Bonchev–Trinajstić information content (AvgIpc) is 2.33. The molecule has 0 aromatic carbocycles. The van der Waals surface area contributed by atoms with Crippen LogP contribution in [0.15, 0.2) is 18.3 Å². The number of ether oxygens (including phenoxy) is 1. The maximum atomic E-state index is 11.7. The molecule has 2 heterocycles. The second-order valence-electron chi connectivity index (χ2n) is 3.77. The monoisotopic (exact) mass is 221 g/mol. The highest BCUT2D eigenvalue weighted by Crippen LogP contribution is 2.06. The van der Waals surface area contributed by atoms with Crippen molar-refractivity contribution in [3.63, 3.8) is 0 Å². The quantitative estimate of drug-likeness (QED) is 0.754. The number of rotatable bonds is 2. The van der Waals surface area contributed by atoms with Crippen molar-refractivity contribution in [3.05, 3.63) is 23.9 Å². The summed E-state index contributed by atoms with van der Waals surface area (Å²) in [6.45, 7) is 3.87. The van der Waals surface area contributed by atoms with Crippen molar-refractivity contribution in [3.8, 4) is 0 Å². The van der Waals surface area contributed by atoms with E-state index in [1.54, 1.807) is 12.3 Å². The summed E-state index contributed by atoms with van der Waals surface area (Å²) in [4.78, 5) is 15.8. The molecule has 1 aliphatic heterocycles. The molecule has 2 N–H and O–H groups in total. The van der Waals surface area contributed by atoms with Crippen molar-refractivity contribution in [1.82, 2.24) is 10.3 Å². The SMILES string of the molecule is Cc1ccc(NC(=O)C2CNCCO2)nc1. The van der Waals surface area contributed by atoms with E-state index in [-0.39, 0.29) is 5.91 Å². The van der Waals surface area contributed by atoms with Gasteiger partial charge in [0.25, 0.3) is 5.91 Å². The van der Waals surface area contributed by atoms with Gasteiger partial charge in [-0.15, -0.1) is 0 Å². The van der Waals surface area contributed by atoms with E-state index in [0.29, 0.717) is 19.0 Å². The van der Waals surface area contributed by atoms with Crippen LogP contribution in [-0.2, 0) is 9.53 Å². The topological polar surface area (TPSA) is 63.2 Å². The van der Waals surface area contributed by atoms with Gasteiger partial charge < -0.3 is 15.4 Å². The van der Waals surface area contributed by atoms with E-state index in [2.05, 4.69) is 15.6 Å². The highest BCUT2D eigenvalue weighted by Gasteiger charge is 2.21. The number of amides is 1. The van der Waals surface area contributed by atoms with Crippen molar-refractivity contribution in [2.24, 2.45) is 0 Å². The zero-order chi connectivity index (χ0) is 11.4. The van der Waals surface area contributed by atoms with Gasteiger partial charge in [0, 0.05) is 19.3 Å². The van der Waals surface area contributed by atoms with Crippen LogP contribution in [0.3, 0.4) is 0 Å². The number of nitrogens with one attached hydrogen (secondary N) is 2. The van der Waals surface area contributed by atoms with Gasteiger partial charge in [0.15, 0.2) is 0 Å². The molecule has 0 saturated carbocycles. The summed E-state index contributed by atoms with van der Waals surface area (Å²) in [6, 6.07) is 3.69. The van der Waals surface area contributed by atoms with Crippen molar-refractivity contribution in [2.75, 3.05) is 25.0 Å². The van der Waals surface area contributed by atoms with E-state index in [0.717, 1.165) is 12.1 Å². The van der Waals surface area contributed by atoms with Crippen LogP contribution in [0.4, 0.5) is 5.82 Å². The number of aromatic nitrogens is 1. The van der Waals surface area contributed by atoms with Gasteiger partial charge in [-0.25, -0.2) is 4.98 Å². The summed E-state index contributed by atoms with van der Waals surface area (Å²) in [6.07, 6.45) is 1.30. The van der Waals surface area contributed by atoms with E-state index >= 15 is 0 Å². The molecule has 1 unspecified atom stereocenters. The number of hydrogen-bond acceptors (Lipinski definition) is 4. The Labute approximate surface area is 94.2 Å². The molecule has 0 bridgehead atoms. The maximum absolute atomic E-state index is 11.7. The molecule has 1 amide bonds.